The first-order valence-corrected chi connectivity index (χ1v) is 10.3. The molecule has 0 aromatic carbocycles. The molecule has 156 valence electrons. The van der Waals surface area contributed by atoms with Crippen molar-refractivity contribution in [1.29, 1.82) is 0 Å². The molecule has 7 heteroatoms. The number of unbranched alkanes of at least 4 members (excludes halogenated alkanes) is 1. The van der Waals surface area contributed by atoms with E-state index in [4.69, 9.17) is 16.3 Å². The second kappa shape index (κ2) is 10.9. The fourth-order valence-electron chi connectivity index (χ4n) is 3.35. The molecule has 1 saturated carbocycles. The number of hydrazine groups is 1. The molecule has 0 radical (unpaired) electrons. The number of carbonyl (C=O) groups excluding carboxylic acids is 1. The van der Waals surface area contributed by atoms with Gasteiger partial charge >= 0.3 is 0 Å². The van der Waals surface area contributed by atoms with Gasteiger partial charge in [-0.25, -0.2) is 10.8 Å². The predicted molar refractivity (Wildman–Crippen MR) is 112 cm³/mol. The van der Waals surface area contributed by atoms with E-state index in [0.29, 0.717) is 23.5 Å². The minimum Gasteiger partial charge on any atom is -0.489 e. The van der Waals surface area contributed by atoms with Crippen LogP contribution in [0.2, 0.25) is 0 Å². The molecule has 1 heterocycles. The van der Waals surface area contributed by atoms with Crippen molar-refractivity contribution < 1.29 is 9.53 Å². The average molecular weight is 390 g/mol. The third-order valence-corrected chi connectivity index (χ3v) is 5.11. The lowest BCUT2D eigenvalue weighted by molar-refractivity contribution is -0.121. The van der Waals surface area contributed by atoms with E-state index in [-0.39, 0.29) is 18.6 Å². The number of hydrogen-bond acceptors (Lipinski definition) is 6. The second-order valence-electron chi connectivity index (χ2n) is 7.51. The number of nitrogens with zero attached hydrogens (tertiary/aromatic N) is 2. The van der Waals surface area contributed by atoms with Crippen molar-refractivity contribution in [2.45, 2.75) is 71.3 Å². The van der Waals surface area contributed by atoms with Gasteiger partial charge in [-0.05, 0) is 51.2 Å². The summed E-state index contributed by atoms with van der Waals surface area (Å²) >= 11 is 0. The monoisotopic (exact) mass is 389 g/mol. The largest absolute Gasteiger partial charge is 0.489 e. The first-order valence-electron chi connectivity index (χ1n) is 10.3. The fourth-order valence-corrected chi connectivity index (χ4v) is 3.35. The van der Waals surface area contributed by atoms with E-state index >= 15 is 0 Å². The van der Waals surface area contributed by atoms with Gasteiger partial charge in [-0.15, -0.1) is 0 Å². The molecular formula is C21H35N5O2. The zero-order valence-corrected chi connectivity index (χ0v) is 17.5. The van der Waals surface area contributed by atoms with Crippen LogP contribution in [0.1, 0.15) is 69.7 Å². The summed E-state index contributed by atoms with van der Waals surface area (Å²) < 4.78 is 6.13. The van der Waals surface area contributed by atoms with Crippen LogP contribution < -0.4 is 21.6 Å². The van der Waals surface area contributed by atoms with Crippen LogP contribution in [0.25, 0.3) is 5.70 Å². The summed E-state index contributed by atoms with van der Waals surface area (Å²) in [6.07, 6.45) is 8.56. The SMILES string of the molecule is CCCCC(=O)NC/C(=C(/N)c1ccc(OC2CCCCC2)c(C)n1)N(C)N. The number of hydrogen-bond donors (Lipinski definition) is 3. The summed E-state index contributed by atoms with van der Waals surface area (Å²) in [5.74, 6) is 6.74. The van der Waals surface area contributed by atoms with Crippen molar-refractivity contribution in [2.75, 3.05) is 13.6 Å². The van der Waals surface area contributed by atoms with Gasteiger partial charge in [-0.2, -0.15) is 0 Å². The molecule has 1 aromatic heterocycles. The first-order chi connectivity index (χ1) is 13.4. The van der Waals surface area contributed by atoms with Gasteiger partial charge in [0.05, 0.1) is 35.4 Å². The highest BCUT2D eigenvalue weighted by Crippen LogP contribution is 2.26. The first kappa shape index (κ1) is 22.0. The highest BCUT2D eigenvalue weighted by molar-refractivity contribution is 5.76. The van der Waals surface area contributed by atoms with Crippen LogP contribution >= 0.6 is 0 Å². The Bertz CT molecular complexity index is 681. The van der Waals surface area contributed by atoms with Crippen LogP contribution in [-0.2, 0) is 4.79 Å². The highest BCUT2D eigenvalue weighted by atomic mass is 16.5. The van der Waals surface area contributed by atoms with Crippen molar-refractivity contribution in [2.24, 2.45) is 11.6 Å². The minimum atomic E-state index is -0.00521. The number of pyridine rings is 1. The van der Waals surface area contributed by atoms with Crippen molar-refractivity contribution in [3.8, 4) is 5.75 Å². The molecule has 7 nitrogen and oxygen atoms in total. The lowest BCUT2D eigenvalue weighted by Gasteiger charge is -2.24. The van der Waals surface area contributed by atoms with Crippen molar-refractivity contribution in [3.05, 3.63) is 29.2 Å². The van der Waals surface area contributed by atoms with Gasteiger partial charge in [0.15, 0.2) is 0 Å². The van der Waals surface area contributed by atoms with Crippen molar-refractivity contribution >= 4 is 11.6 Å². The zero-order chi connectivity index (χ0) is 20.5. The molecule has 0 atom stereocenters. The van der Waals surface area contributed by atoms with E-state index in [9.17, 15) is 4.79 Å². The zero-order valence-electron chi connectivity index (χ0n) is 17.5. The summed E-state index contributed by atoms with van der Waals surface area (Å²) in [6.45, 7) is 4.25. The molecule has 1 aliphatic rings. The topological polar surface area (TPSA) is 106 Å². The molecule has 1 aromatic rings. The Morgan fingerprint density at radius 2 is 2.04 bits per heavy atom. The van der Waals surface area contributed by atoms with Crippen molar-refractivity contribution in [3.63, 3.8) is 0 Å². The molecule has 1 amide bonds. The maximum Gasteiger partial charge on any atom is 0.220 e. The summed E-state index contributed by atoms with van der Waals surface area (Å²) in [6, 6.07) is 3.77. The molecule has 2 rings (SSSR count). The Hall–Kier alpha value is -2.28. The van der Waals surface area contributed by atoms with E-state index < -0.39 is 0 Å². The Balaban J connectivity index is 2.10. The lowest BCUT2D eigenvalue weighted by atomic mass is 9.98. The van der Waals surface area contributed by atoms with E-state index in [0.717, 1.165) is 37.1 Å². The predicted octanol–water partition coefficient (Wildman–Crippen LogP) is 2.84. The summed E-state index contributed by atoms with van der Waals surface area (Å²) in [7, 11) is 1.70. The van der Waals surface area contributed by atoms with Crippen molar-refractivity contribution in [1.82, 2.24) is 15.3 Å². The van der Waals surface area contributed by atoms with E-state index in [1.807, 2.05) is 19.1 Å². The standard InChI is InChI=1S/C21H35N5O2/c1-4-5-11-20(27)24-14-18(26(3)23)21(22)17-12-13-19(15(2)25-17)28-16-9-7-6-8-10-16/h12-13,16H,4-11,14,22-23H2,1-3H3,(H,24,27)/b21-18-. The van der Waals surface area contributed by atoms with Gasteiger partial charge in [0.1, 0.15) is 5.75 Å². The minimum absolute atomic E-state index is 0.00521. The number of likely N-dealkylation sites (N-methyl/N-ethyl adjacent to an activating group) is 1. The van der Waals surface area contributed by atoms with Crippen LogP contribution in [0, 0.1) is 6.92 Å². The molecule has 5 N–H and O–H groups in total. The third kappa shape index (κ3) is 6.41. The summed E-state index contributed by atoms with van der Waals surface area (Å²) in [5.41, 5.74) is 8.84. The molecule has 0 saturated heterocycles. The van der Waals surface area contributed by atoms with Crippen LogP contribution in [0.5, 0.6) is 5.75 Å². The Morgan fingerprint density at radius 3 is 2.64 bits per heavy atom. The Labute approximate surface area is 168 Å². The average Bonchev–Trinajstić information content (AvgIpc) is 2.68. The molecule has 0 spiro atoms. The van der Waals surface area contributed by atoms with E-state index in [2.05, 4.69) is 17.2 Å². The number of amides is 1. The number of aryl methyl sites for hydroxylation is 1. The number of aromatic nitrogens is 1. The lowest BCUT2D eigenvalue weighted by Crippen LogP contribution is -2.36. The second-order valence-corrected chi connectivity index (χ2v) is 7.51. The number of nitrogens with one attached hydrogen (secondary N) is 1. The molecule has 0 aliphatic heterocycles. The molecule has 28 heavy (non-hydrogen) atoms. The van der Waals surface area contributed by atoms with Gasteiger partial charge in [0.2, 0.25) is 5.91 Å². The smallest absolute Gasteiger partial charge is 0.220 e. The maximum absolute atomic E-state index is 11.9. The highest BCUT2D eigenvalue weighted by Gasteiger charge is 2.17. The normalized spacial score (nSPS) is 15.7. The molecular weight excluding hydrogens is 354 g/mol. The number of ether oxygens (including phenoxy) is 1. The van der Waals surface area contributed by atoms with Gasteiger partial charge in [-0.3, -0.25) is 4.79 Å². The van der Waals surface area contributed by atoms with Gasteiger partial charge in [0, 0.05) is 13.5 Å². The number of nitrogens with two attached hydrogens (primary N) is 2. The van der Waals surface area contributed by atoms with Crippen LogP contribution in [-0.4, -0.2) is 35.6 Å². The Kier molecular flexibility index (Phi) is 8.57. The van der Waals surface area contributed by atoms with Crippen LogP contribution in [0.3, 0.4) is 0 Å². The molecule has 0 bridgehead atoms. The third-order valence-electron chi connectivity index (χ3n) is 5.11. The van der Waals surface area contributed by atoms with Crippen LogP contribution in [0.15, 0.2) is 17.8 Å². The van der Waals surface area contributed by atoms with E-state index in [1.54, 1.807) is 7.05 Å². The quantitative estimate of drug-likeness (QED) is 0.443. The van der Waals surface area contributed by atoms with Gasteiger partial charge in [0.25, 0.3) is 0 Å². The molecule has 1 fully saturated rings. The summed E-state index contributed by atoms with van der Waals surface area (Å²) in [4.78, 5) is 16.5. The van der Waals surface area contributed by atoms with Gasteiger partial charge in [-0.1, -0.05) is 19.8 Å². The maximum atomic E-state index is 11.9. The molecule has 0 unspecified atom stereocenters. The van der Waals surface area contributed by atoms with Gasteiger partial charge < -0.3 is 20.8 Å². The fraction of sp³-hybridized carbons (Fsp3) is 0.619. The number of rotatable bonds is 9. The summed E-state index contributed by atoms with van der Waals surface area (Å²) in [5, 5.41) is 4.31. The number of carbonyl (C=O) groups is 1. The molecule has 1 aliphatic carbocycles. The Morgan fingerprint density at radius 1 is 1.32 bits per heavy atom. The van der Waals surface area contributed by atoms with E-state index in [1.165, 1.54) is 24.3 Å². The van der Waals surface area contributed by atoms with Crippen LogP contribution in [0.4, 0.5) is 0 Å².